The number of carbonyl (C=O) groups excluding carboxylic acids is 1. The fourth-order valence-electron chi connectivity index (χ4n) is 1.75. The summed E-state index contributed by atoms with van der Waals surface area (Å²) in [6, 6.07) is 12.1. The van der Waals surface area contributed by atoms with Gasteiger partial charge in [0.25, 0.3) is 0 Å². The molecule has 0 saturated heterocycles. The largest absolute Gasteiger partial charge is 0.497 e. The van der Waals surface area contributed by atoms with E-state index in [-0.39, 0.29) is 12.2 Å². The Kier molecular flexibility index (Phi) is 4.46. The molecule has 4 heteroatoms. The number of methoxy groups -OCH3 is 1. The molecule has 0 atom stereocenters. The van der Waals surface area contributed by atoms with Crippen molar-refractivity contribution in [2.24, 2.45) is 0 Å². The first-order valence-electron chi connectivity index (χ1n) is 5.71. The third-order valence-electron chi connectivity index (χ3n) is 2.75. The van der Waals surface area contributed by atoms with E-state index in [1.807, 2.05) is 0 Å². The molecule has 0 spiro atoms. The van der Waals surface area contributed by atoms with Gasteiger partial charge in [0.1, 0.15) is 5.75 Å². The standard InChI is InChI=1S/C15H12Cl2O2/c1-19-13-4-2-3-10(8-13)15(18)9-11-7-12(16)5-6-14(11)17/h2-8H,9H2,1H3. The van der Waals surface area contributed by atoms with Gasteiger partial charge < -0.3 is 4.74 Å². The maximum absolute atomic E-state index is 12.2. The van der Waals surface area contributed by atoms with E-state index in [1.165, 1.54) is 0 Å². The zero-order valence-corrected chi connectivity index (χ0v) is 11.8. The van der Waals surface area contributed by atoms with Crippen LogP contribution in [0.2, 0.25) is 10.0 Å². The number of carbonyl (C=O) groups is 1. The number of Topliss-reactive ketones (excluding diaryl/α,β-unsaturated/α-hetero) is 1. The Hall–Kier alpha value is -1.51. The lowest BCUT2D eigenvalue weighted by atomic mass is 10.0. The normalized spacial score (nSPS) is 10.3. The lowest BCUT2D eigenvalue weighted by molar-refractivity contribution is 0.0992. The monoisotopic (exact) mass is 294 g/mol. The van der Waals surface area contributed by atoms with Crippen molar-refractivity contribution in [1.29, 1.82) is 0 Å². The summed E-state index contributed by atoms with van der Waals surface area (Å²) in [5, 5.41) is 1.11. The Balaban J connectivity index is 2.22. The van der Waals surface area contributed by atoms with Crippen molar-refractivity contribution in [3.8, 4) is 5.75 Å². The SMILES string of the molecule is COc1cccc(C(=O)Cc2cc(Cl)ccc2Cl)c1. The maximum Gasteiger partial charge on any atom is 0.167 e. The summed E-state index contributed by atoms with van der Waals surface area (Å²) < 4.78 is 5.10. The second-order valence-electron chi connectivity index (χ2n) is 4.07. The number of rotatable bonds is 4. The van der Waals surface area contributed by atoms with Crippen molar-refractivity contribution in [2.45, 2.75) is 6.42 Å². The summed E-state index contributed by atoms with van der Waals surface area (Å²) in [6.45, 7) is 0. The van der Waals surface area contributed by atoms with Gasteiger partial charge in [-0.2, -0.15) is 0 Å². The molecule has 0 fully saturated rings. The Labute approximate surface area is 121 Å². The summed E-state index contributed by atoms with van der Waals surface area (Å²) in [6.07, 6.45) is 0.215. The molecule has 2 aromatic carbocycles. The zero-order chi connectivity index (χ0) is 13.8. The van der Waals surface area contributed by atoms with Crippen LogP contribution in [0, 0.1) is 0 Å². The molecule has 0 aliphatic carbocycles. The van der Waals surface area contributed by atoms with Gasteiger partial charge in [0.2, 0.25) is 0 Å². The van der Waals surface area contributed by atoms with E-state index in [4.69, 9.17) is 27.9 Å². The lowest BCUT2D eigenvalue weighted by Crippen LogP contribution is -2.04. The summed E-state index contributed by atoms with van der Waals surface area (Å²) in [5.41, 5.74) is 1.32. The summed E-state index contributed by atoms with van der Waals surface area (Å²) in [5.74, 6) is 0.631. The third-order valence-corrected chi connectivity index (χ3v) is 3.35. The second-order valence-corrected chi connectivity index (χ2v) is 4.91. The molecular formula is C15H12Cl2O2. The molecule has 19 heavy (non-hydrogen) atoms. The molecule has 0 amide bonds. The summed E-state index contributed by atoms with van der Waals surface area (Å²) >= 11 is 12.0. The Morgan fingerprint density at radius 2 is 1.95 bits per heavy atom. The molecule has 0 heterocycles. The number of halogens is 2. The van der Waals surface area contributed by atoms with Crippen molar-refractivity contribution in [1.82, 2.24) is 0 Å². The molecule has 0 saturated carbocycles. The third kappa shape index (κ3) is 3.49. The topological polar surface area (TPSA) is 26.3 Å². The van der Waals surface area contributed by atoms with E-state index in [0.717, 1.165) is 5.56 Å². The van der Waals surface area contributed by atoms with Crippen molar-refractivity contribution in [3.63, 3.8) is 0 Å². The Bertz CT molecular complexity index is 609. The smallest absolute Gasteiger partial charge is 0.167 e. The average molecular weight is 295 g/mol. The molecule has 0 bridgehead atoms. The zero-order valence-electron chi connectivity index (χ0n) is 10.3. The van der Waals surface area contributed by atoms with Gasteiger partial charge in [-0.15, -0.1) is 0 Å². The molecule has 0 radical (unpaired) electrons. The molecule has 98 valence electrons. The molecule has 0 unspecified atom stereocenters. The first kappa shape index (κ1) is 13.9. The molecule has 0 aliphatic rings. The van der Waals surface area contributed by atoms with E-state index in [1.54, 1.807) is 49.6 Å². The molecule has 2 rings (SSSR count). The molecule has 0 aromatic heterocycles. The highest BCUT2D eigenvalue weighted by Crippen LogP contribution is 2.23. The van der Waals surface area contributed by atoms with Gasteiger partial charge in [-0.3, -0.25) is 4.79 Å². The van der Waals surface area contributed by atoms with E-state index in [0.29, 0.717) is 21.4 Å². The minimum absolute atomic E-state index is 0.0249. The van der Waals surface area contributed by atoms with Gasteiger partial charge in [-0.25, -0.2) is 0 Å². The van der Waals surface area contributed by atoms with E-state index >= 15 is 0 Å². The fourth-order valence-corrected chi connectivity index (χ4v) is 2.13. The number of ether oxygens (including phenoxy) is 1. The van der Waals surface area contributed by atoms with Crippen LogP contribution in [0.15, 0.2) is 42.5 Å². The first-order chi connectivity index (χ1) is 9.10. The van der Waals surface area contributed by atoms with Crippen molar-refractivity contribution in [2.75, 3.05) is 7.11 Å². The van der Waals surface area contributed by atoms with E-state index < -0.39 is 0 Å². The average Bonchev–Trinajstić information content (AvgIpc) is 2.43. The van der Waals surface area contributed by atoms with Crippen LogP contribution in [0.4, 0.5) is 0 Å². The number of benzene rings is 2. The van der Waals surface area contributed by atoms with Gasteiger partial charge in [0.15, 0.2) is 5.78 Å². The second kappa shape index (κ2) is 6.09. The highest BCUT2D eigenvalue weighted by atomic mass is 35.5. The van der Waals surface area contributed by atoms with E-state index in [2.05, 4.69) is 0 Å². The van der Waals surface area contributed by atoms with Gasteiger partial charge in [-0.05, 0) is 35.9 Å². The van der Waals surface area contributed by atoms with Gasteiger partial charge >= 0.3 is 0 Å². The van der Waals surface area contributed by atoms with Crippen LogP contribution >= 0.6 is 23.2 Å². The van der Waals surface area contributed by atoms with Crippen LogP contribution in [0.1, 0.15) is 15.9 Å². The van der Waals surface area contributed by atoms with Crippen LogP contribution in [-0.4, -0.2) is 12.9 Å². The predicted octanol–water partition coefficient (Wildman–Crippen LogP) is 4.43. The predicted molar refractivity (Wildman–Crippen MR) is 77.5 cm³/mol. The minimum Gasteiger partial charge on any atom is -0.497 e. The number of ketones is 1. The molecule has 0 aliphatic heterocycles. The maximum atomic E-state index is 12.2. The molecule has 2 aromatic rings. The van der Waals surface area contributed by atoms with Crippen LogP contribution in [-0.2, 0) is 6.42 Å². The summed E-state index contributed by atoms with van der Waals surface area (Å²) in [7, 11) is 1.57. The van der Waals surface area contributed by atoms with E-state index in [9.17, 15) is 4.79 Å². The molecule has 2 nitrogen and oxygen atoms in total. The van der Waals surface area contributed by atoms with Gasteiger partial charge in [-0.1, -0.05) is 35.3 Å². The number of hydrogen-bond donors (Lipinski definition) is 0. The Morgan fingerprint density at radius 1 is 1.16 bits per heavy atom. The van der Waals surface area contributed by atoms with Crippen LogP contribution in [0.3, 0.4) is 0 Å². The van der Waals surface area contributed by atoms with Gasteiger partial charge in [0.05, 0.1) is 7.11 Å². The van der Waals surface area contributed by atoms with Crippen LogP contribution in [0.5, 0.6) is 5.75 Å². The lowest BCUT2D eigenvalue weighted by Gasteiger charge is -2.06. The van der Waals surface area contributed by atoms with Crippen molar-refractivity contribution in [3.05, 3.63) is 63.6 Å². The fraction of sp³-hybridized carbons (Fsp3) is 0.133. The molecule has 0 N–H and O–H groups in total. The quantitative estimate of drug-likeness (QED) is 0.780. The van der Waals surface area contributed by atoms with Crippen molar-refractivity contribution >= 4 is 29.0 Å². The van der Waals surface area contributed by atoms with Crippen LogP contribution in [0.25, 0.3) is 0 Å². The summed E-state index contributed by atoms with van der Waals surface area (Å²) in [4.78, 5) is 12.2. The highest BCUT2D eigenvalue weighted by molar-refractivity contribution is 6.33. The Morgan fingerprint density at radius 3 is 2.68 bits per heavy atom. The van der Waals surface area contributed by atoms with Crippen LogP contribution < -0.4 is 4.74 Å². The number of hydrogen-bond acceptors (Lipinski definition) is 2. The van der Waals surface area contributed by atoms with Gasteiger partial charge in [0, 0.05) is 22.0 Å². The van der Waals surface area contributed by atoms with Crippen molar-refractivity contribution < 1.29 is 9.53 Å². The first-order valence-corrected chi connectivity index (χ1v) is 6.47. The minimum atomic E-state index is -0.0249. The molecular weight excluding hydrogens is 283 g/mol. The highest BCUT2D eigenvalue weighted by Gasteiger charge is 2.11.